The summed E-state index contributed by atoms with van der Waals surface area (Å²) < 4.78 is 0. The van der Waals surface area contributed by atoms with E-state index in [4.69, 9.17) is 0 Å². The zero-order valence-corrected chi connectivity index (χ0v) is 19.9. The van der Waals surface area contributed by atoms with Gasteiger partial charge in [-0.1, -0.05) is 100 Å². The highest BCUT2D eigenvalue weighted by Crippen LogP contribution is 2.56. The molecule has 0 saturated carbocycles. The number of hydrogen-bond donors (Lipinski definition) is 0. The minimum Gasteiger partial charge on any atom is -0.0620 e. The maximum atomic E-state index is 2.39. The van der Waals surface area contributed by atoms with Crippen molar-refractivity contribution in [3.63, 3.8) is 0 Å². The molecule has 0 radical (unpaired) electrons. The third-order valence-corrected chi connectivity index (χ3v) is 10.5. The van der Waals surface area contributed by atoms with Crippen LogP contribution in [0, 0.1) is 0 Å². The molecule has 0 heterocycles. The summed E-state index contributed by atoms with van der Waals surface area (Å²) in [5.74, 6) is 0.906. The van der Waals surface area contributed by atoms with Crippen molar-refractivity contribution in [3.8, 4) is 0 Å². The lowest BCUT2D eigenvalue weighted by atomic mass is 10.0. The van der Waals surface area contributed by atoms with E-state index in [9.17, 15) is 0 Å². The molecule has 0 aliphatic heterocycles. The van der Waals surface area contributed by atoms with Gasteiger partial charge in [-0.25, -0.2) is 0 Å². The Morgan fingerprint density at radius 3 is 1.10 bits per heavy atom. The molecule has 0 unspecified atom stereocenters. The van der Waals surface area contributed by atoms with Gasteiger partial charge in [0.15, 0.2) is 0 Å². The van der Waals surface area contributed by atoms with E-state index < -0.39 is 7.26 Å². The van der Waals surface area contributed by atoms with E-state index in [1.165, 1.54) is 32.3 Å². The van der Waals surface area contributed by atoms with Gasteiger partial charge in [0.2, 0.25) is 0 Å². The Bertz CT molecular complexity index is 1030. The van der Waals surface area contributed by atoms with Crippen molar-refractivity contribution in [1.82, 2.24) is 0 Å². The first kappa shape index (κ1) is 21.5. The van der Waals surface area contributed by atoms with Gasteiger partial charge in [0.05, 0.1) is 0 Å². The predicted octanol–water partition coefficient (Wildman–Crippen LogP) is 6.55. The third-order valence-electron chi connectivity index (χ3n) is 6.13. The second-order valence-corrected chi connectivity index (χ2v) is 12.1. The maximum Gasteiger partial charge on any atom is 0.144 e. The SMILES string of the molecule is CC(C)c1ccccc1[P+](c1ccccc1)(c1ccccc1)c1ccccc1C(C)C. The Morgan fingerprint density at radius 1 is 0.419 bits per heavy atom. The van der Waals surface area contributed by atoms with Crippen molar-refractivity contribution in [2.45, 2.75) is 39.5 Å². The van der Waals surface area contributed by atoms with Crippen molar-refractivity contribution < 1.29 is 0 Å². The lowest BCUT2D eigenvalue weighted by Gasteiger charge is -2.32. The summed E-state index contributed by atoms with van der Waals surface area (Å²) in [6.45, 7) is 9.27. The van der Waals surface area contributed by atoms with Crippen LogP contribution in [0.5, 0.6) is 0 Å². The largest absolute Gasteiger partial charge is 0.144 e. The van der Waals surface area contributed by atoms with Crippen molar-refractivity contribution in [2.24, 2.45) is 0 Å². The fraction of sp³-hybridized carbons (Fsp3) is 0.200. The van der Waals surface area contributed by atoms with E-state index in [0.717, 1.165) is 0 Å². The van der Waals surface area contributed by atoms with Gasteiger partial charge in [-0.15, -0.1) is 0 Å². The zero-order valence-electron chi connectivity index (χ0n) is 19.0. The van der Waals surface area contributed by atoms with Crippen LogP contribution in [-0.2, 0) is 0 Å². The van der Waals surface area contributed by atoms with Crippen LogP contribution in [0.2, 0.25) is 0 Å². The van der Waals surface area contributed by atoms with Crippen molar-refractivity contribution in [2.75, 3.05) is 0 Å². The molecule has 0 bridgehead atoms. The van der Waals surface area contributed by atoms with E-state index in [2.05, 4.69) is 137 Å². The van der Waals surface area contributed by atoms with Crippen molar-refractivity contribution >= 4 is 28.5 Å². The Morgan fingerprint density at radius 2 is 0.742 bits per heavy atom. The molecule has 0 aliphatic rings. The predicted molar refractivity (Wildman–Crippen MR) is 139 cm³/mol. The van der Waals surface area contributed by atoms with E-state index in [0.29, 0.717) is 11.8 Å². The standard InChI is InChI=1S/C30H32P/c1-23(2)27-19-11-13-21-29(27)31(25-15-7-5-8-16-25,26-17-9-6-10-18-26)30-22-14-12-20-28(30)24(3)4/h5-24H,1-4H3/q+1. The first-order valence-electron chi connectivity index (χ1n) is 11.3. The molecular weight excluding hydrogens is 391 g/mol. The average Bonchev–Trinajstić information content (AvgIpc) is 2.81. The first-order chi connectivity index (χ1) is 15.1. The van der Waals surface area contributed by atoms with Crippen LogP contribution in [0.1, 0.15) is 50.7 Å². The lowest BCUT2D eigenvalue weighted by molar-refractivity contribution is 0.871. The summed E-state index contributed by atoms with van der Waals surface area (Å²) in [4.78, 5) is 0. The molecule has 0 N–H and O–H groups in total. The average molecular weight is 424 g/mol. The van der Waals surface area contributed by atoms with Crippen LogP contribution in [0.3, 0.4) is 0 Å². The minimum atomic E-state index is -2.09. The lowest BCUT2D eigenvalue weighted by Crippen LogP contribution is -2.41. The number of rotatable bonds is 6. The molecule has 0 aliphatic carbocycles. The van der Waals surface area contributed by atoms with Crippen molar-refractivity contribution in [1.29, 1.82) is 0 Å². The topological polar surface area (TPSA) is 0 Å². The smallest absolute Gasteiger partial charge is 0.0620 e. The summed E-state index contributed by atoms with van der Waals surface area (Å²) in [5.41, 5.74) is 2.89. The Kier molecular flexibility index (Phi) is 6.40. The highest BCUT2D eigenvalue weighted by atomic mass is 31.2. The van der Waals surface area contributed by atoms with Crippen LogP contribution in [0.15, 0.2) is 109 Å². The zero-order chi connectivity index (χ0) is 21.8. The van der Waals surface area contributed by atoms with E-state index in [1.54, 1.807) is 0 Å². The molecule has 0 spiro atoms. The van der Waals surface area contributed by atoms with Crippen LogP contribution >= 0.6 is 7.26 Å². The summed E-state index contributed by atoms with van der Waals surface area (Å²) in [5, 5.41) is 5.80. The van der Waals surface area contributed by atoms with E-state index in [1.807, 2.05) is 0 Å². The van der Waals surface area contributed by atoms with Gasteiger partial charge in [-0.05, 0) is 59.4 Å². The van der Waals surface area contributed by atoms with E-state index in [-0.39, 0.29) is 0 Å². The molecule has 0 nitrogen and oxygen atoms in total. The number of hydrogen-bond acceptors (Lipinski definition) is 0. The molecule has 1 heteroatoms. The summed E-state index contributed by atoms with van der Waals surface area (Å²) in [6.07, 6.45) is 0. The van der Waals surface area contributed by atoms with Gasteiger partial charge in [0, 0.05) is 0 Å². The van der Waals surface area contributed by atoms with Crippen LogP contribution in [0.4, 0.5) is 0 Å². The Balaban J connectivity index is 2.24. The second kappa shape index (κ2) is 9.21. The summed E-state index contributed by atoms with van der Waals surface area (Å²) in [7, 11) is -2.09. The minimum absolute atomic E-state index is 0.453. The molecule has 0 amide bonds. The van der Waals surface area contributed by atoms with Gasteiger partial charge in [-0.3, -0.25) is 0 Å². The molecule has 31 heavy (non-hydrogen) atoms. The normalized spacial score (nSPS) is 11.8. The fourth-order valence-electron chi connectivity index (χ4n) is 4.70. The maximum absolute atomic E-state index is 2.39. The van der Waals surface area contributed by atoms with Crippen LogP contribution in [0.25, 0.3) is 0 Å². The monoisotopic (exact) mass is 423 g/mol. The Hall–Kier alpha value is -2.69. The summed E-state index contributed by atoms with van der Waals surface area (Å²) in [6, 6.07) is 40.7. The van der Waals surface area contributed by atoms with Gasteiger partial charge in [0.25, 0.3) is 0 Å². The third kappa shape index (κ3) is 3.86. The molecule has 4 rings (SSSR count). The van der Waals surface area contributed by atoms with Crippen molar-refractivity contribution in [3.05, 3.63) is 120 Å². The molecule has 0 saturated heterocycles. The highest BCUT2D eigenvalue weighted by molar-refractivity contribution is 8.01. The van der Waals surface area contributed by atoms with Gasteiger partial charge < -0.3 is 0 Å². The molecule has 0 aromatic heterocycles. The fourth-order valence-corrected chi connectivity index (χ4v) is 9.67. The summed E-state index contributed by atoms with van der Waals surface area (Å²) >= 11 is 0. The highest BCUT2D eigenvalue weighted by Gasteiger charge is 2.50. The Labute approximate surface area is 188 Å². The van der Waals surface area contributed by atoms with Crippen LogP contribution in [-0.4, -0.2) is 0 Å². The van der Waals surface area contributed by atoms with Gasteiger partial charge in [-0.2, -0.15) is 0 Å². The van der Waals surface area contributed by atoms with Crippen LogP contribution < -0.4 is 21.2 Å². The molecule has 0 fully saturated rings. The molecule has 4 aromatic carbocycles. The van der Waals surface area contributed by atoms with E-state index >= 15 is 0 Å². The van der Waals surface area contributed by atoms with Gasteiger partial charge in [0.1, 0.15) is 28.5 Å². The first-order valence-corrected chi connectivity index (χ1v) is 13.0. The molecule has 4 aromatic rings. The number of benzene rings is 4. The quantitative estimate of drug-likeness (QED) is 0.308. The molecule has 156 valence electrons. The molecule has 0 atom stereocenters. The van der Waals surface area contributed by atoms with Gasteiger partial charge >= 0.3 is 0 Å². The second-order valence-electron chi connectivity index (χ2n) is 8.77. The molecular formula is C30H32P+.